The minimum absolute atomic E-state index is 0.0232. The minimum Gasteiger partial charge on any atom is -0.350 e. The van der Waals surface area contributed by atoms with Gasteiger partial charge in [-0.3, -0.25) is 9.59 Å². The van der Waals surface area contributed by atoms with Gasteiger partial charge >= 0.3 is 0 Å². The van der Waals surface area contributed by atoms with E-state index < -0.39 is 16.1 Å². The molecule has 0 radical (unpaired) electrons. The van der Waals surface area contributed by atoms with Gasteiger partial charge in [-0.15, -0.1) is 0 Å². The number of carbonyl (C=O) groups is 2. The average Bonchev–Trinajstić information content (AvgIpc) is 2.57. The van der Waals surface area contributed by atoms with Crippen LogP contribution < -0.4 is 21.1 Å². The highest BCUT2D eigenvalue weighted by Crippen LogP contribution is 2.10. The summed E-state index contributed by atoms with van der Waals surface area (Å²) in [5.74, 6) is -0.798. The van der Waals surface area contributed by atoms with Crippen LogP contribution in [0, 0.1) is 5.92 Å². The van der Waals surface area contributed by atoms with Gasteiger partial charge in [0.25, 0.3) is 0 Å². The minimum atomic E-state index is -3.53. The average molecular weight is 356 g/mol. The van der Waals surface area contributed by atoms with E-state index in [4.69, 9.17) is 5.73 Å². The Morgan fingerprint density at radius 2 is 1.88 bits per heavy atom. The molecule has 0 aliphatic carbocycles. The molecule has 1 atom stereocenters. The first-order chi connectivity index (χ1) is 11.2. The Morgan fingerprint density at radius 1 is 1.21 bits per heavy atom. The predicted molar refractivity (Wildman–Crippen MR) is 90.4 cm³/mol. The molecule has 8 nitrogen and oxygen atoms in total. The molecule has 0 bridgehead atoms. The third-order valence-electron chi connectivity index (χ3n) is 3.41. The summed E-state index contributed by atoms with van der Waals surface area (Å²) in [7, 11) is -2.20. The van der Waals surface area contributed by atoms with Crippen molar-refractivity contribution in [2.24, 2.45) is 11.7 Å². The van der Waals surface area contributed by atoms with Crippen LogP contribution >= 0.6 is 0 Å². The molecule has 0 unspecified atom stereocenters. The Kier molecular flexibility index (Phi) is 7.33. The molecule has 0 saturated carbocycles. The first-order valence-electron chi connectivity index (χ1n) is 7.50. The fourth-order valence-electron chi connectivity index (χ4n) is 1.79. The number of hydrogen-bond acceptors (Lipinski definition) is 5. The molecule has 0 aliphatic heterocycles. The Hall–Kier alpha value is -1.97. The lowest BCUT2D eigenvalue weighted by molar-refractivity contribution is -0.127. The number of hydrogen-bond donors (Lipinski definition) is 4. The molecule has 2 amide bonds. The maximum absolute atomic E-state index is 11.8. The second kappa shape index (κ2) is 8.76. The summed E-state index contributed by atoms with van der Waals surface area (Å²) in [6.45, 7) is 3.60. The second-order valence-electron chi connectivity index (χ2n) is 5.62. The zero-order valence-corrected chi connectivity index (χ0v) is 14.8. The van der Waals surface area contributed by atoms with Crippen molar-refractivity contribution in [3.8, 4) is 0 Å². The van der Waals surface area contributed by atoms with Crippen LogP contribution in [-0.4, -0.2) is 39.9 Å². The molecule has 0 spiro atoms. The zero-order chi connectivity index (χ0) is 18.3. The molecule has 0 heterocycles. The van der Waals surface area contributed by atoms with Crippen LogP contribution in [0.5, 0.6) is 0 Å². The topological polar surface area (TPSA) is 130 Å². The van der Waals surface area contributed by atoms with Gasteiger partial charge in [0.2, 0.25) is 21.8 Å². The zero-order valence-electron chi connectivity index (χ0n) is 14.0. The number of carbonyl (C=O) groups excluding carboxylic acids is 2. The molecule has 0 saturated heterocycles. The van der Waals surface area contributed by atoms with E-state index in [1.807, 2.05) is 13.8 Å². The van der Waals surface area contributed by atoms with Gasteiger partial charge in [-0.1, -0.05) is 26.0 Å². The van der Waals surface area contributed by atoms with Crippen LogP contribution in [0.1, 0.15) is 19.4 Å². The number of benzene rings is 1. The maximum atomic E-state index is 11.8. The van der Waals surface area contributed by atoms with Gasteiger partial charge in [-0.25, -0.2) is 13.1 Å². The van der Waals surface area contributed by atoms with Crippen molar-refractivity contribution in [3.05, 3.63) is 29.8 Å². The van der Waals surface area contributed by atoms with E-state index in [0.29, 0.717) is 5.56 Å². The number of nitrogens with two attached hydrogens (primary N) is 1. The maximum Gasteiger partial charge on any atom is 0.240 e. The van der Waals surface area contributed by atoms with Gasteiger partial charge in [0.15, 0.2) is 0 Å². The van der Waals surface area contributed by atoms with Gasteiger partial charge < -0.3 is 16.4 Å². The van der Waals surface area contributed by atoms with Crippen molar-refractivity contribution in [1.82, 2.24) is 15.4 Å². The van der Waals surface area contributed by atoms with Crippen LogP contribution in [0.2, 0.25) is 0 Å². The summed E-state index contributed by atoms with van der Waals surface area (Å²) in [4.78, 5) is 23.5. The first kappa shape index (κ1) is 20.1. The van der Waals surface area contributed by atoms with E-state index in [0.717, 1.165) is 0 Å². The molecule has 5 N–H and O–H groups in total. The van der Waals surface area contributed by atoms with Crippen LogP contribution in [0.15, 0.2) is 29.2 Å². The van der Waals surface area contributed by atoms with Crippen LogP contribution in [-0.2, 0) is 26.2 Å². The van der Waals surface area contributed by atoms with Crippen molar-refractivity contribution in [3.63, 3.8) is 0 Å². The third-order valence-corrected chi connectivity index (χ3v) is 4.82. The highest BCUT2D eigenvalue weighted by Gasteiger charge is 2.17. The molecule has 0 aliphatic rings. The molecule has 134 valence electrons. The molecule has 1 aromatic rings. The summed E-state index contributed by atoms with van der Waals surface area (Å²) < 4.78 is 25.7. The monoisotopic (exact) mass is 356 g/mol. The molecular formula is C15H24N4O4S. The second-order valence-corrected chi connectivity index (χ2v) is 7.51. The Morgan fingerprint density at radius 3 is 2.46 bits per heavy atom. The summed E-state index contributed by atoms with van der Waals surface area (Å²) in [5.41, 5.74) is 6.30. The van der Waals surface area contributed by atoms with Crippen molar-refractivity contribution in [2.45, 2.75) is 31.3 Å². The standard InChI is InChI=1S/C15H24N4O4S/c1-10(2)14(16)15(21)19-9-13(20)18-8-11-5-4-6-12(7-11)24(22,23)17-3/h4-7,10,14,17H,8-9,16H2,1-3H3,(H,18,20)(H,19,21)/t14-/m0/s1. The van der Waals surface area contributed by atoms with E-state index in [1.165, 1.54) is 19.2 Å². The van der Waals surface area contributed by atoms with Crippen LogP contribution in [0.4, 0.5) is 0 Å². The Labute approximate surface area is 142 Å². The van der Waals surface area contributed by atoms with Crippen LogP contribution in [0.25, 0.3) is 0 Å². The normalized spacial score (nSPS) is 12.7. The first-order valence-corrected chi connectivity index (χ1v) is 8.98. The number of rotatable bonds is 8. The molecular weight excluding hydrogens is 332 g/mol. The van der Waals surface area contributed by atoms with E-state index in [1.54, 1.807) is 12.1 Å². The number of amides is 2. The van der Waals surface area contributed by atoms with Gasteiger partial charge in [-0.2, -0.15) is 0 Å². The van der Waals surface area contributed by atoms with Gasteiger partial charge in [0.05, 0.1) is 17.5 Å². The van der Waals surface area contributed by atoms with Crippen molar-refractivity contribution < 1.29 is 18.0 Å². The molecule has 9 heteroatoms. The molecule has 24 heavy (non-hydrogen) atoms. The molecule has 1 aromatic carbocycles. The SMILES string of the molecule is CNS(=O)(=O)c1cccc(CNC(=O)CNC(=O)[C@@H](N)C(C)C)c1. The summed E-state index contributed by atoms with van der Waals surface area (Å²) >= 11 is 0. The van der Waals surface area contributed by atoms with Crippen molar-refractivity contribution in [1.29, 1.82) is 0 Å². The molecule has 0 aromatic heterocycles. The van der Waals surface area contributed by atoms with E-state index in [-0.39, 0.29) is 35.7 Å². The van der Waals surface area contributed by atoms with Crippen molar-refractivity contribution >= 4 is 21.8 Å². The fraction of sp³-hybridized carbons (Fsp3) is 0.467. The van der Waals surface area contributed by atoms with E-state index in [9.17, 15) is 18.0 Å². The lowest BCUT2D eigenvalue weighted by atomic mass is 10.1. The van der Waals surface area contributed by atoms with E-state index >= 15 is 0 Å². The Bertz CT molecular complexity index is 688. The number of nitrogens with one attached hydrogen (secondary N) is 3. The highest BCUT2D eigenvalue weighted by molar-refractivity contribution is 7.89. The summed E-state index contributed by atoms with van der Waals surface area (Å²) in [6, 6.07) is 5.56. The summed E-state index contributed by atoms with van der Waals surface area (Å²) in [6.07, 6.45) is 0. The molecule has 1 rings (SSSR count). The quantitative estimate of drug-likeness (QED) is 0.490. The highest BCUT2D eigenvalue weighted by atomic mass is 32.2. The lowest BCUT2D eigenvalue weighted by Crippen LogP contribution is -2.47. The third kappa shape index (κ3) is 5.91. The molecule has 0 fully saturated rings. The van der Waals surface area contributed by atoms with Gasteiger partial charge in [0.1, 0.15) is 0 Å². The summed E-state index contributed by atoms with van der Waals surface area (Å²) in [5, 5.41) is 5.07. The van der Waals surface area contributed by atoms with E-state index in [2.05, 4.69) is 15.4 Å². The largest absolute Gasteiger partial charge is 0.350 e. The number of sulfonamides is 1. The van der Waals surface area contributed by atoms with Gasteiger partial charge in [0, 0.05) is 6.54 Å². The van der Waals surface area contributed by atoms with Gasteiger partial charge in [-0.05, 0) is 30.7 Å². The Balaban J connectivity index is 2.54. The van der Waals surface area contributed by atoms with Crippen molar-refractivity contribution in [2.75, 3.05) is 13.6 Å². The smallest absolute Gasteiger partial charge is 0.240 e. The van der Waals surface area contributed by atoms with Crippen LogP contribution in [0.3, 0.4) is 0 Å². The fourth-order valence-corrected chi connectivity index (χ4v) is 2.59. The predicted octanol–water partition coefficient (Wildman–Crippen LogP) is -0.690. The lowest BCUT2D eigenvalue weighted by Gasteiger charge is -2.15.